The third kappa shape index (κ3) is 2.57. The van der Waals surface area contributed by atoms with Crippen LogP contribution in [0.3, 0.4) is 0 Å². The van der Waals surface area contributed by atoms with Gasteiger partial charge in [0.05, 0.1) is 6.54 Å². The summed E-state index contributed by atoms with van der Waals surface area (Å²) in [5.74, 6) is 0. The molecule has 0 saturated heterocycles. The van der Waals surface area contributed by atoms with Crippen molar-refractivity contribution < 1.29 is 0 Å². The van der Waals surface area contributed by atoms with E-state index in [0.717, 1.165) is 22.4 Å². The van der Waals surface area contributed by atoms with Crippen LogP contribution in [0.1, 0.15) is 10.4 Å². The first-order valence-electron chi connectivity index (χ1n) is 4.98. The summed E-state index contributed by atoms with van der Waals surface area (Å²) < 4.78 is 1.12. The number of hydrogen-bond donors (Lipinski definition) is 2. The Morgan fingerprint density at radius 1 is 1.38 bits per heavy atom. The van der Waals surface area contributed by atoms with Gasteiger partial charge in [0.15, 0.2) is 0 Å². The molecule has 3 N–H and O–H groups in total. The zero-order valence-electron chi connectivity index (χ0n) is 8.96. The van der Waals surface area contributed by atoms with Crippen molar-refractivity contribution in [2.75, 3.05) is 11.1 Å². The zero-order chi connectivity index (χ0) is 11.5. The first-order chi connectivity index (χ1) is 7.66. The highest BCUT2D eigenvalue weighted by molar-refractivity contribution is 9.10. The van der Waals surface area contributed by atoms with Gasteiger partial charge in [-0.1, -0.05) is 22.0 Å². The molecule has 0 aliphatic heterocycles. The molecular weight excluding hydrogens is 284 g/mol. The molecule has 1 aromatic carbocycles. The van der Waals surface area contributed by atoms with Crippen LogP contribution in [0.4, 0.5) is 11.4 Å². The van der Waals surface area contributed by atoms with Crippen molar-refractivity contribution in [3.63, 3.8) is 0 Å². The van der Waals surface area contributed by atoms with Crippen LogP contribution in [0.5, 0.6) is 0 Å². The van der Waals surface area contributed by atoms with Crippen molar-refractivity contribution >= 4 is 38.6 Å². The highest BCUT2D eigenvalue weighted by Gasteiger charge is 2.01. The summed E-state index contributed by atoms with van der Waals surface area (Å²) in [5, 5.41) is 5.37. The van der Waals surface area contributed by atoms with Crippen LogP contribution in [0.2, 0.25) is 0 Å². The molecule has 0 bridgehead atoms. The Morgan fingerprint density at radius 2 is 2.19 bits per heavy atom. The van der Waals surface area contributed by atoms with Gasteiger partial charge >= 0.3 is 0 Å². The molecule has 2 aromatic rings. The Hall–Kier alpha value is -1.00. The third-order valence-electron chi connectivity index (χ3n) is 2.40. The lowest BCUT2D eigenvalue weighted by Gasteiger charge is -2.07. The van der Waals surface area contributed by atoms with Crippen molar-refractivity contribution in [3.05, 3.63) is 44.6 Å². The summed E-state index contributed by atoms with van der Waals surface area (Å²) >= 11 is 5.19. The third-order valence-corrected chi connectivity index (χ3v) is 4.20. The van der Waals surface area contributed by atoms with Crippen LogP contribution in [-0.2, 0) is 6.54 Å². The number of thiophene rings is 1. The topological polar surface area (TPSA) is 38.0 Å². The van der Waals surface area contributed by atoms with E-state index < -0.39 is 0 Å². The minimum absolute atomic E-state index is 0.777. The lowest BCUT2D eigenvalue weighted by Crippen LogP contribution is -2.00. The summed E-state index contributed by atoms with van der Waals surface area (Å²) in [6.45, 7) is 2.85. The van der Waals surface area contributed by atoms with Gasteiger partial charge in [0.1, 0.15) is 0 Å². The van der Waals surface area contributed by atoms with Crippen molar-refractivity contribution in [1.82, 2.24) is 0 Å². The fraction of sp³-hybridized carbons (Fsp3) is 0.167. The summed E-state index contributed by atoms with van der Waals surface area (Å²) in [6, 6.07) is 8.18. The number of nitrogen functional groups attached to an aromatic ring is 1. The smallest absolute Gasteiger partial charge is 0.0514 e. The molecule has 1 heterocycles. The van der Waals surface area contributed by atoms with Crippen LogP contribution >= 0.6 is 27.3 Å². The van der Waals surface area contributed by atoms with Gasteiger partial charge in [-0.05, 0) is 36.1 Å². The standard InChI is InChI=1S/C12H13BrN2S/c1-8-2-3-9(6-10(8)13)15-7-12-11(14)4-5-16-12/h2-6,15H,7,14H2,1H3. The van der Waals surface area contributed by atoms with Gasteiger partial charge in [-0.3, -0.25) is 0 Å². The van der Waals surface area contributed by atoms with E-state index in [1.165, 1.54) is 10.4 Å². The van der Waals surface area contributed by atoms with Gasteiger partial charge < -0.3 is 11.1 Å². The normalized spacial score (nSPS) is 10.4. The number of hydrogen-bond acceptors (Lipinski definition) is 3. The number of nitrogens with two attached hydrogens (primary N) is 1. The van der Waals surface area contributed by atoms with Crippen LogP contribution in [0.25, 0.3) is 0 Å². The van der Waals surface area contributed by atoms with Gasteiger partial charge in [-0.25, -0.2) is 0 Å². The molecule has 16 heavy (non-hydrogen) atoms. The first kappa shape index (κ1) is 11.5. The molecule has 1 aromatic heterocycles. The Morgan fingerprint density at radius 3 is 2.81 bits per heavy atom. The lowest BCUT2D eigenvalue weighted by atomic mass is 10.2. The van der Waals surface area contributed by atoms with Crippen LogP contribution in [0.15, 0.2) is 34.1 Å². The molecule has 0 aliphatic rings. The van der Waals surface area contributed by atoms with E-state index in [2.05, 4.69) is 46.4 Å². The van der Waals surface area contributed by atoms with Crippen molar-refractivity contribution in [2.24, 2.45) is 0 Å². The molecule has 2 nitrogen and oxygen atoms in total. The van der Waals surface area contributed by atoms with Gasteiger partial charge in [0.25, 0.3) is 0 Å². The van der Waals surface area contributed by atoms with Gasteiger partial charge in [0.2, 0.25) is 0 Å². The number of anilines is 2. The number of benzene rings is 1. The molecule has 0 aliphatic carbocycles. The number of rotatable bonds is 3. The molecule has 0 atom stereocenters. The number of aryl methyl sites for hydroxylation is 1. The second kappa shape index (κ2) is 4.89. The highest BCUT2D eigenvalue weighted by Crippen LogP contribution is 2.23. The first-order valence-corrected chi connectivity index (χ1v) is 6.66. The fourth-order valence-corrected chi connectivity index (χ4v) is 2.50. The molecule has 0 amide bonds. The fourth-order valence-electron chi connectivity index (χ4n) is 1.38. The Labute approximate surface area is 108 Å². The predicted octanol–water partition coefficient (Wildman–Crippen LogP) is 4.01. The Balaban J connectivity index is 2.05. The molecule has 0 fully saturated rings. The van der Waals surface area contributed by atoms with E-state index in [9.17, 15) is 0 Å². The average Bonchev–Trinajstić information content (AvgIpc) is 2.66. The van der Waals surface area contributed by atoms with E-state index >= 15 is 0 Å². The highest BCUT2D eigenvalue weighted by atomic mass is 79.9. The summed E-state index contributed by atoms with van der Waals surface area (Å²) in [6.07, 6.45) is 0. The van der Waals surface area contributed by atoms with E-state index in [4.69, 9.17) is 5.73 Å². The van der Waals surface area contributed by atoms with E-state index in [1.807, 2.05) is 11.4 Å². The van der Waals surface area contributed by atoms with Crippen molar-refractivity contribution in [1.29, 1.82) is 0 Å². The van der Waals surface area contributed by atoms with Crippen LogP contribution in [0, 0.1) is 6.92 Å². The number of nitrogens with one attached hydrogen (secondary N) is 1. The molecule has 0 saturated carbocycles. The van der Waals surface area contributed by atoms with E-state index in [0.29, 0.717) is 0 Å². The lowest BCUT2D eigenvalue weighted by molar-refractivity contribution is 1.19. The second-order valence-corrected chi connectivity index (χ2v) is 5.47. The summed E-state index contributed by atoms with van der Waals surface area (Å²) in [5.41, 5.74) is 9.02. The maximum atomic E-state index is 5.82. The second-order valence-electron chi connectivity index (χ2n) is 3.62. The monoisotopic (exact) mass is 296 g/mol. The molecule has 0 spiro atoms. The van der Waals surface area contributed by atoms with E-state index in [-0.39, 0.29) is 0 Å². The predicted molar refractivity (Wildman–Crippen MR) is 74.9 cm³/mol. The van der Waals surface area contributed by atoms with Crippen molar-refractivity contribution in [2.45, 2.75) is 13.5 Å². The molecule has 84 valence electrons. The van der Waals surface area contributed by atoms with Gasteiger partial charge in [-0.2, -0.15) is 0 Å². The molecule has 4 heteroatoms. The largest absolute Gasteiger partial charge is 0.398 e. The Bertz CT molecular complexity index is 494. The molecule has 2 rings (SSSR count). The van der Waals surface area contributed by atoms with Crippen LogP contribution in [-0.4, -0.2) is 0 Å². The minimum Gasteiger partial charge on any atom is -0.398 e. The maximum Gasteiger partial charge on any atom is 0.0514 e. The zero-order valence-corrected chi connectivity index (χ0v) is 11.4. The quantitative estimate of drug-likeness (QED) is 0.898. The maximum absolute atomic E-state index is 5.82. The average molecular weight is 297 g/mol. The molecule has 0 radical (unpaired) electrons. The van der Waals surface area contributed by atoms with Crippen molar-refractivity contribution in [3.8, 4) is 0 Å². The minimum atomic E-state index is 0.777. The number of halogens is 1. The SMILES string of the molecule is Cc1ccc(NCc2sccc2N)cc1Br. The van der Waals surface area contributed by atoms with E-state index in [1.54, 1.807) is 11.3 Å². The molecule has 0 unspecified atom stereocenters. The van der Waals surface area contributed by atoms with Gasteiger partial charge in [-0.15, -0.1) is 11.3 Å². The van der Waals surface area contributed by atoms with Gasteiger partial charge in [0, 0.05) is 20.7 Å². The van der Waals surface area contributed by atoms with Crippen LogP contribution < -0.4 is 11.1 Å². The Kier molecular flexibility index (Phi) is 3.51. The summed E-state index contributed by atoms with van der Waals surface area (Å²) in [7, 11) is 0. The summed E-state index contributed by atoms with van der Waals surface area (Å²) in [4.78, 5) is 1.18. The molecular formula is C12H13BrN2S.